The second-order valence-electron chi connectivity index (χ2n) is 5.50. The summed E-state index contributed by atoms with van der Waals surface area (Å²) in [6.07, 6.45) is 5.39. The molecule has 0 saturated carbocycles. The van der Waals surface area contributed by atoms with Gasteiger partial charge in [-0.05, 0) is 48.9 Å². The van der Waals surface area contributed by atoms with Gasteiger partial charge in [-0.15, -0.1) is 11.6 Å². The van der Waals surface area contributed by atoms with Crippen molar-refractivity contribution < 1.29 is 4.79 Å². The molecule has 1 aliphatic rings. The van der Waals surface area contributed by atoms with E-state index in [2.05, 4.69) is 15.4 Å². The zero-order valence-electron chi connectivity index (χ0n) is 13.4. The molecule has 2 aromatic rings. The van der Waals surface area contributed by atoms with Crippen molar-refractivity contribution >= 4 is 46.2 Å². The highest BCUT2D eigenvalue weighted by molar-refractivity contribution is 8.18. The number of thioether (sulfide) groups is 1. The van der Waals surface area contributed by atoms with E-state index in [-0.39, 0.29) is 5.91 Å². The smallest absolute Gasteiger partial charge is 0.264 e. The van der Waals surface area contributed by atoms with Crippen molar-refractivity contribution in [1.29, 1.82) is 0 Å². The van der Waals surface area contributed by atoms with Gasteiger partial charge in [-0.25, -0.2) is 4.99 Å². The molecular weight excluding hydrogens is 344 g/mol. The first-order valence-corrected chi connectivity index (χ1v) is 8.85. The number of rotatable bonds is 4. The molecule has 0 radical (unpaired) electrons. The number of carbonyl (C=O) groups excluding carboxylic acids is 1. The fourth-order valence-electron chi connectivity index (χ4n) is 2.24. The highest BCUT2D eigenvalue weighted by Gasteiger charge is 2.24. The predicted octanol–water partition coefficient (Wildman–Crippen LogP) is 3.63. The zero-order valence-corrected chi connectivity index (χ0v) is 15.0. The predicted molar refractivity (Wildman–Crippen MR) is 99.7 cm³/mol. The molecule has 0 spiro atoms. The van der Waals surface area contributed by atoms with Gasteiger partial charge in [-0.3, -0.25) is 9.48 Å². The second kappa shape index (κ2) is 7.23. The van der Waals surface area contributed by atoms with E-state index in [1.807, 2.05) is 44.3 Å². The van der Waals surface area contributed by atoms with Gasteiger partial charge in [0.1, 0.15) is 0 Å². The van der Waals surface area contributed by atoms with Gasteiger partial charge in [0.2, 0.25) is 0 Å². The average Bonchev–Trinajstić information content (AvgIpc) is 3.11. The Labute approximate surface area is 149 Å². The topological polar surface area (TPSA) is 59.3 Å². The van der Waals surface area contributed by atoms with Crippen molar-refractivity contribution in [3.63, 3.8) is 0 Å². The molecule has 1 aliphatic heterocycles. The Morgan fingerprint density at radius 3 is 3.04 bits per heavy atom. The summed E-state index contributed by atoms with van der Waals surface area (Å²) in [6, 6.07) is 6.08. The van der Waals surface area contributed by atoms with Gasteiger partial charge in [0.05, 0.1) is 23.3 Å². The second-order valence-corrected chi connectivity index (χ2v) is 6.91. The molecule has 5 nitrogen and oxygen atoms in total. The number of benzene rings is 1. The van der Waals surface area contributed by atoms with E-state index in [4.69, 9.17) is 11.6 Å². The Kier molecular flexibility index (Phi) is 5.06. The van der Waals surface area contributed by atoms with E-state index in [0.717, 1.165) is 22.4 Å². The van der Waals surface area contributed by atoms with E-state index in [9.17, 15) is 4.79 Å². The number of hydrogen-bond acceptors (Lipinski definition) is 4. The standard InChI is InChI=1S/C17H17ClN4OS/c1-11-3-4-12(2)14(7-11)20-17-21-16(23)15(24-17)8-13-9-19-22(10-13)6-5-18/h3-4,7-10H,5-6H2,1-2H3,(H,20,21,23). The fraction of sp³-hybridized carbons (Fsp3) is 0.235. The van der Waals surface area contributed by atoms with E-state index in [1.165, 1.54) is 11.8 Å². The SMILES string of the molecule is Cc1ccc(C)c(N=C2NC(=O)C(=Cc3cnn(CCCl)c3)S2)c1. The van der Waals surface area contributed by atoms with Crippen LogP contribution in [0.2, 0.25) is 0 Å². The molecular formula is C17H17ClN4OS. The van der Waals surface area contributed by atoms with Crippen LogP contribution in [-0.4, -0.2) is 26.7 Å². The quantitative estimate of drug-likeness (QED) is 0.669. The van der Waals surface area contributed by atoms with Gasteiger partial charge in [-0.2, -0.15) is 5.10 Å². The molecule has 0 unspecified atom stereocenters. The molecule has 1 N–H and O–H groups in total. The molecule has 24 heavy (non-hydrogen) atoms. The zero-order chi connectivity index (χ0) is 17.1. The Bertz CT molecular complexity index is 841. The van der Waals surface area contributed by atoms with Gasteiger partial charge in [0.15, 0.2) is 5.17 Å². The normalized spacial score (nSPS) is 17.7. The summed E-state index contributed by atoms with van der Waals surface area (Å²) in [7, 11) is 0. The molecule has 0 atom stereocenters. The van der Waals surface area contributed by atoms with Crippen molar-refractivity contribution in [3.8, 4) is 0 Å². The highest BCUT2D eigenvalue weighted by Crippen LogP contribution is 2.29. The Balaban J connectivity index is 1.81. The summed E-state index contributed by atoms with van der Waals surface area (Å²) in [5, 5.41) is 7.60. The van der Waals surface area contributed by atoms with Gasteiger partial charge < -0.3 is 5.32 Å². The maximum Gasteiger partial charge on any atom is 0.264 e. The number of carbonyl (C=O) groups is 1. The molecule has 1 fully saturated rings. The first kappa shape index (κ1) is 16.8. The molecule has 2 heterocycles. The lowest BCUT2D eigenvalue weighted by atomic mass is 10.1. The Morgan fingerprint density at radius 2 is 2.25 bits per heavy atom. The molecule has 124 valence electrons. The number of amides is 1. The van der Waals surface area contributed by atoms with Crippen LogP contribution in [0.1, 0.15) is 16.7 Å². The van der Waals surface area contributed by atoms with Crippen molar-refractivity contribution in [2.24, 2.45) is 4.99 Å². The van der Waals surface area contributed by atoms with Gasteiger partial charge >= 0.3 is 0 Å². The summed E-state index contributed by atoms with van der Waals surface area (Å²) in [5.41, 5.74) is 3.94. The fourth-order valence-corrected chi connectivity index (χ4v) is 3.25. The largest absolute Gasteiger partial charge is 0.300 e. The van der Waals surface area contributed by atoms with Crippen LogP contribution in [0.25, 0.3) is 6.08 Å². The van der Waals surface area contributed by atoms with Crippen molar-refractivity contribution in [2.45, 2.75) is 20.4 Å². The van der Waals surface area contributed by atoms with Crippen molar-refractivity contribution in [1.82, 2.24) is 15.1 Å². The average molecular weight is 361 g/mol. The summed E-state index contributed by atoms with van der Waals surface area (Å²) < 4.78 is 1.75. The van der Waals surface area contributed by atoms with Gasteiger partial charge in [0, 0.05) is 17.6 Å². The van der Waals surface area contributed by atoms with Crippen LogP contribution in [0.4, 0.5) is 5.69 Å². The van der Waals surface area contributed by atoms with Crippen LogP contribution in [-0.2, 0) is 11.3 Å². The van der Waals surface area contributed by atoms with Gasteiger partial charge in [0.25, 0.3) is 5.91 Å². The minimum Gasteiger partial charge on any atom is -0.300 e. The molecule has 3 rings (SSSR count). The third-order valence-electron chi connectivity index (χ3n) is 3.50. The lowest BCUT2D eigenvalue weighted by molar-refractivity contribution is -0.115. The van der Waals surface area contributed by atoms with E-state index >= 15 is 0 Å². The number of aliphatic imine (C=N–C) groups is 1. The molecule has 7 heteroatoms. The lowest BCUT2D eigenvalue weighted by Gasteiger charge is -2.02. The van der Waals surface area contributed by atoms with Gasteiger partial charge in [-0.1, -0.05) is 12.1 Å². The number of nitrogens with one attached hydrogen (secondary N) is 1. The van der Waals surface area contributed by atoms with E-state index < -0.39 is 0 Å². The molecule has 0 bridgehead atoms. The number of amidine groups is 1. The Morgan fingerprint density at radius 1 is 1.42 bits per heavy atom. The lowest BCUT2D eigenvalue weighted by Crippen LogP contribution is -2.19. The van der Waals surface area contributed by atoms with E-state index in [1.54, 1.807) is 10.9 Å². The Hall–Kier alpha value is -2.05. The summed E-state index contributed by atoms with van der Waals surface area (Å²) >= 11 is 7.03. The summed E-state index contributed by atoms with van der Waals surface area (Å²) in [4.78, 5) is 17.3. The van der Waals surface area contributed by atoms with Crippen LogP contribution in [0.3, 0.4) is 0 Å². The van der Waals surface area contributed by atoms with Crippen LogP contribution in [0.15, 0.2) is 40.5 Å². The van der Waals surface area contributed by atoms with Crippen LogP contribution in [0, 0.1) is 13.8 Å². The molecule has 1 aromatic carbocycles. The van der Waals surface area contributed by atoms with Crippen LogP contribution < -0.4 is 5.32 Å². The highest BCUT2D eigenvalue weighted by atomic mass is 35.5. The van der Waals surface area contributed by atoms with Crippen LogP contribution >= 0.6 is 23.4 Å². The number of nitrogens with zero attached hydrogens (tertiary/aromatic N) is 3. The number of aromatic nitrogens is 2. The first-order chi connectivity index (χ1) is 11.5. The maximum atomic E-state index is 12.1. The summed E-state index contributed by atoms with van der Waals surface area (Å²) in [5.74, 6) is 0.355. The molecule has 1 amide bonds. The minimum atomic E-state index is -0.144. The third-order valence-corrected chi connectivity index (χ3v) is 4.58. The van der Waals surface area contributed by atoms with Crippen molar-refractivity contribution in [3.05, 3.63) is 52.2 Å². The van der Waals surface area contributed by atoms with Crippen molar-refractivity contribution in [2.75, 3.05) is 5.88 Å². The molecule has 1 saturated heterocycles. The first-order valence-electron chi connectivity index (χ1n) is 7.50. The number of halogens is 1. The molecule has 1 aromatic heterocycles. The minimum absolute atomic E-state index is 0.144. The van der Waals surface area contributed by atoms with E-state index in [0.29, 0.717) is 22.5 Å². The summed E-state index contributed by atoms with van der Waals surface area (Å²) in [6.45, 7) is 4.67. The number of aryl methyl sites for hydroxylation is 3. The molecule has 0 aliphatic carbocycles. The monoisotopic (exact) mass is 360 g/mol. The maximum absolute atomic E-state index is 12.1. The third kappa shape index (κ3) is 3.88. The number of alkyl halides is 1. The van der Waals surface area contributed by atoms with Crippen LogP contribution in [0.5, 0.6) is 0 Å². The number of hydrogen-bond donors (Lipinski definition) is 1.